The van der Waals surface area contributed by atoms with Crippen molar-refractivity contribution in [2.75, 3.05) is 6.61 Å². The van der Waals surface area contributed by atoms with Crippen molar-refractivity contribution in [2.24, 2.45) is 0 Å². The summed E-state index contributed by atoms with van der Waals surface area (Å²) in [4.78, 5) is 11.7. The molecule has 1 fully saturated rings. The first-order valence-electron chi connectivity index (χ1n) is 3.71. The fourth-order valence-electron chi connectivity index (χ4n) is 1.13. The number of nitrogens with zero attached hydrogens (tertiary/aromatic N) is 1. The van der Waals surface area contributed by atoms with Crippen LogP contribution in [-0.4, -0.2) is 12.7 Å². The predicted molar refractivity (Wildman–Crippen MR) is 46.3 cm³/mol. The van der Waals surface area contributed by atoms with E-state index in [1.807, 2.05) is 6.07 Å². The molecule has 1 N–H and O–H groups in total. The third-order valence-corrected chi connectivity index (χ3v) is 2.81. The highest BCUT2D eigenvalue weighted by molar-refractivity contribution is 7.10. The fourth-order valence-corrected chi connectivity index (χ4v) is 2.00. The van der Waals surface area contributed by atoms with Gasteiger partial charge in [0, 0.05) is 10.3 Å². The maximum Gasteiger partial charge on any atom is 0.407 e. The zero-order valence-corrected chi connectivity index (χ0v) is 7.43. The molecule has 0 radical (unpaired) electrons. The molecule has 5 heteroatoms. The van der Waals surface area contributed by atoms with Crippen LogP contribution in [0.3, 0.4) is 0 Å². The van der Waals surface area contributed by atoms with E-state index >= 15 is 0 Å². The van der Waals surface area contributed by atoms with Crippen LogP contribution in [0, 0.1) is 11.3 Å². The molecule has 1 unspecified atom stereocenters. The molecule has 1 atom stereocenters. The second-order valence-electron chi connectivity index (χ2n) is 2.64. The lowest BCUT2D eigenvalue weighted by atomic mass is 10.2. The van der Waals surface area contributed by atoms with Gasteiger partial charge < -0.3 is 10.1 Å². The second kappa shape index (κ2) is 3.07. The molecule has 1 aromatic heterocycles. The highest BCUT2D eigenvalue weighted by atomic mass is 32.1. The average molecular weight is 194 g/mol. The van der Waals surface area contributed by atoms with E-state index in [1.54, 1.807) is 11.4 Å². The molecule has 13 heavy (non-hydrogen) atoms. The van der Waals surface area contributed by atoms with E-state index in [2.05, 4.69) is 5.32 Å². The van der Waals surface area contributed by atoms with Gasteiger partial charge in [-0.05, 0) is 6.07 Å². The molecule has 4 nitrogen and oxygen atoms in total. The molecular weight excluding hydrogens is 188 g/mol. The predicted octanol–water partition coefficient (Wildman–Crippen LogP) is 1.40. The van der Waals surface area contributed by atoms with Crippen LogP contribution in [0.5, 0.6) is 0 Å². The molecule has 2 heterocycles. The van der Waals surface area contributed by atoms with E-state index < -0.39 is 6.09 Å². The number of ether oxygens (including phenoxy) is 1. The number of cyclic esters (lactones) is 1. The number of amides is 1. The molecule has 1 saturated heterocycles. The Morgan fingerprint density at radius 3 is 3.15 bits per heavy atom. The summed E-state index contributed by atoms with van der Waals surface area (Å²) in [6.45, 7) is 0.351. The summed E-state index contributed by atoms with van der Waals surface area (Å²) in [5.41, 5.74) is 0.626. The Kier molecular flexibility index (Phi) is 1.91. The summed E-state index contributed by atoms with van der Waals surface area (Å²) in [7, 11) is 0. The summed E-state index contributed by atoms with van der Waals surface area (Å²) in [5.74, 6) is 0. The molecule has 2 rings (SSSR count). The van der Waals surface area contributed by atoms with Crippen molar-refractivity contribution in [3.63, 3.8) is 0 Å². The van der Waals surface area contributed by atoms with Gasteiger partial charge >= 0.3 is 6.09 Å². The number of alkyl carbamates (subject to hydrolysis) is 1. The van der Waals surface area contributed by atoms with E-state index in [4.69, 9.17) is 10.00 Å². The molecule has 0 bridgehead atoms. The van der Waals surface area contributed by atoms with E-state index in [-0.39, 0.29) is 6.04 Å². The normalized spacial score (nSPS) is 20.5. The lowest BCUT2D eigenvalue weighted by Gasteiger charge is -2.01. The highest BCUT2D eigenvalue weighted by Crippen LogP contribution is 2.24. The summed E-state index contributed by atoms with van der Waals surface area (Å²) >= 11 is 1.46. The van der Waals surface area contributed by atoms with Crippen molar-refractivity contribution in [1.29, 1.82) is 5.26 Å². The van der Waals surface area contributed by atoms with Gasteiger partial charge in [0.25, 0.3) is 0 Å². The molecule has 1 aromatic rings. The first-order valence-corrected chi connectivity index (χ1v) is 4.59. The first-order chi connectivity index (χ1) is 6.29. The van der Waals surface area contributed by atoms with E-state index in [0.717, 1.165) is 4.88 Å². The monoisotopic (exact) mass is 194 g/mol. The number of carbonyl (C=O) groups is 1. The number of hydrogen-bond donors (Lipinski definition) is 1. The number of carbonyl (C=O) groups excluding carboxylic acids is 1. The molecule has 66 valence electrons. The zero-order valence-electron chi connectivity index (χ0n) is 6.61. The van der Waals surface area contributed by atoms with Gasteiger partial charge in [-0.2, -0.15) is 5.26 Å². The number of thiophene rings is 1. The van der Waals surface area contributed by atoms with Crippen molar-refractivity contribution in [3.8, 4) is 6.07 Å². The van der Waals surface area contributed by atoms with Gasteiger partial charge in [-0.25, -0.2) is 4.79 Å². The van der Waals surface area contributed by atoms with Crippen LogP contribution < -0.4 is 5.32 Å². The van der Waals surface area contributed by atoms with Crippen molar-refractivity contribution in [2.45, 2.75) is 6.04 Å². The molecule has 0 spiro atoms. The maximum atomic E-state index is 10.7. The van der Waals surface area contributed by atoms with Gasteiger partial charge in [0.1, 0.15) is 18.7 Å². The van der Waals surface area contributed by atoms with Crippen molar-refractivity contribution < 1.29 is 9.53 Å². The number of hydrogen-bond acceptors (Lipinski definition) is 4. The van der Waals surface area contributed by atoms with Gasteiger partial charge in [-0.15, -0.1) is 11.3 Å². The standard InChI is InChI=1S/C8H6N2O2S/c9-2-5-1-7(13-4-5)6-3-12-8(11)10-6/h1,4,6H,3H2,(H,10,11). The Bertz CT molecular complexity index is 380. The Hall–Kier alpha value is -1.54. The van der Waals surface area contributed by atoms with Crippen molar-refractivity contribution >= 4 is 17.4 Å². The Morgan fingerprint density at radius 1 is 1.77 bits per heavy atom. The first kappa shape index (κ1) is 8.08. The Morgan fingerprint density at radius 2 is 2.62 bits per heavy atom. The van der Waals surface area contributed by atoms with Gasteiger partial charge in [0.2, 0.25) is 0 Å². The quantitative estimate of drug-likeness (QED) is 0.735. The van der Waals surface area contributed by atoms with Gasteiger partial charge in [-0.1, -0.05) is 0 Å². The van der Waals surface area contributed by atoms with Gasteiger partial charge in [0.15, 0.2) is 0 Å². The topological polar surface area (TPSA) is 62.1 Å². The van der Waals surface area contributed by atoms with E-state index in [0.29, 0.717) is 12.2 Å². The maximum absolute atomic E-state index is 10.7. The minimum Gasteiger partial charge on any atom is -0.447 e. The smallest absolute Gasteiger partial charge is 0.407 e. The van der Waals surface area contributed by atoms with Gasteiger partial charge in [0.05, 0.1) is 5.56 Å². The van der Waals surface area contributed by atoms with E-state index in [9.17, 15) is 4.79 Å². The summed E-state index contributed by atoms with van der Waals surface area (Å²) < 4.78 is 4.74. The zero-order chi connectivity index (χ0) is 9.26. The fraction of sp³-hybridized carbons (Fsp3) is 0.250. The number of nitriles is 1. The third-order valence-electron chi connectivity index (χ3n) is 1.77. The summed E-state index contributed by atoms with van der Waals surface area (Å²) in [6, 6.07) is 3.72. The minimum absolute atomic E-state index is 0.0837. The van der Waals surface area contributed by atoms with Crippen LogP contribution in [0.15, 0.2) is 11.4 Å². The van der Waals surface area contributed by atoms with Crippen LogP contribution in [0.1, 0.15) is 16.5 Å². The lowest BCUT2D eigenvalue weighted by molar-refractivity contribution is 0.177. The van der Waals surface area contributed by atoms with Crippen molar-refractivity contribution in [3.05, 3.63) is 21.9 Å². The molecule has 0 aromatic carbocycles. The van der Waals surface area contributed by atoms with Crippen LogP contribution in [0.25, 0.3) is 0 Å². The lowest BCUT2D eigenvalue weighted by Crippen LogP contribution is -2.17. The largest absolute Gasteiger partial charge is 0.447 e. The van der Waals surface area contributed by atoms with Crippen molar-refractivity contribution in [1.82, 2.24) is 5.32 Å². The molecular formula is C8H6N2O2S. The second-order valence-corrected chi connectivity index (χ2v) is 3.59. The highest BCUT2D eigenvalue weighted by Gasteiger charge is 2.24. The average Bonchev–Trinajstić information content (AvgIpc) is 2.71. The summed E-state index contributed by atoms with van der Waals surface area (Å²) in [6.07, 6.45) is -0.392. The van der Waals surface area contributed by atoms with E-state index in [1.165, 1.54) is 11.3 Å². The SMILES string of the molecule is N#Cc1csc(C2COC(=O)N2)c1. The molecule has 0 aliphatic carbocycles. The third kappa shape index (κ3) is 1.48. The number of rotatable bonds is 1. The van der Waals surface area contributed by atoms with Crippen LogP contribution in [0.4, 0.5) is 4.79 Å². The molecule has 1 aliphatic rings. The van der Waals surface area contributed by atoms with Crippen LogP contribution >= 0.6 is 11.3 Å². The Balaban J connectivity index is 2.18. The molecule has 1 amide bonds. The van der Waals surface area contributed by atoms with Crippen LogP contribution in [-0.2, 0) is 4.74 Å². The van der Waals surface area contributed by atoms with Crippen LogP contribution in [0.2, 0.25) is 0 Å². The minimum atomic E-state index is -0.392. The Labute approximate surface area is 78.7 Å². The number of nitrogens with one attached hydrogen (secondary N) is 1. The van der Waals surface area contributed by atoms with Gasteiger partial charge in [-0.3, -0.25) is 0 Å². The molecule has 1 aliphatic heterocycles. The molecule has 0 saturated carbocycles. The summed E-state index contributed by atoms with van der Waals surface area (Å²) in [5, 5.41) is 13.0.